The van der Waals surface area contributed by atoms with Gasteiger partial charge in [0.2, 0.25) is 0 Å². The average Bonchev–Trinajstić information content (AvgIpc) is 2.57. The molecular formula is C9H14F2N2O. The van der Waals surface area contributed by atoms with Gasteiger partial charge in [0, 0.05) is 6.54 Å². The monoisotopic (exact) mass is 204 g/mol. The van der Waals surface area contributed by atoms with Gasteiger partial charge in [-0.05, 0) is 19.2 Å². The highest BCUT2D eigenvalue weighted by Crippen LogP contribution is 2.19. The molecule has 1 aromatic rings. The molecule has 1 rings (SSSR count). The summed E-state index contributed by atoms with van der Waals surface area (Å²) >= 11 is 0. The molecule has 0 saturated carbocycles. The van der Waals surface area contributed by atoms with Gasteiger partial charge in [-0.15, -0.1) is 0 Å². The number of rotatable bonds is 5. The van der Waals surface area contributed by atoms with E-state index in [0.717, 1.165) is 0 Å². The van der Waals surface area contributed by atoms with Crippen LogP contribution >= 0.6 is 0 Å². The number of likely N-dealkylation sites (N-methyl/N-ethyl adjacent to an activating group) is 1. The molecule has 80 valence electrons. The third kappa shape index (κ3) is 2.78. The Morgan fingerprint density at radius 2 is 2.29 bits per heavy atom. The van der Waals surface area contributed by atoms with Crippen molar-refractivity contribution in [2.24, 2.45) is 5.73 Å². The van der Waals surface area contributed by atoms with Gasteiger partial charge in [0.05, 0.1) is 18.8 Å². The zero-order valence-electron chi connectivity index (χ0n) is 7.99. The van der Waals surface area contributed by atoms with Crippen LogP contribution in [0.15, 0.2) is 22.8 Å². The van der Waals surface area contributed by atoms with Crippen molar-refractivity contribution in [3.05, 3.63) is 24.2 Å². The van der Waals surface area contributed by atoms with Crippen molar-refractivity contribution in [1.82, 2.24) is 4.90 Å². The Morgan fingerprint density at radius 1 is 1.57 bits per heavy atom. The number of nitrogens with two attached hydrogens (primary N) is 1. The van der Waals surface area contributed by atoms with Crippen molar-refractivity contribution >= 4 is 0 Å². The van der Waals surface area contributed by atoms with Gasteiger partial charge in [-0.2, -0.15) is 0 Å². The molecule has 2 N–H and O–H groups in total. The van der Waals surface area contributed by atoms with Crippen LogP contribution in [0.4, 0.5) is 8.78 Å². The second kappa shape index (κ2) is 5.07. The van der Waals surface area contributed by atoms with E-state index in [2.05, 4.69) is 0 Å². The van der Waals surface area contributed by atoms with Crippen molar-refractivity contribution in [1.29, 1.82) is 0 Å². The van der Waals surface area contributed by atoms with Gasteiger partial charge >= 0.3 is 0 Å². The van der Waals surface area contributed by atoms with E-state index >= 15 is 0 Å². The topological polar surface area (TPSA) is 42.4 Å². The minimum atomic E-state index is -2.36. The molecular weight excluding hydrogens is 190 g/mol. The Morgan fingerprint density at radius 3 is 2.71 bits per heavy atom. The van der Waals surface area contributed by atoms with Gasteiger partial charge in [0.25, 0.3) is 6.43 Å². The van der Waals surface area contributed by atoms with Crippen molar-refractivity contribution < 1.29 is 13.2 Å². The van der Waals surface area contributed by atoms with E-state index < -0.39 is 6.43 Å². The van der Waals surface area contributed by atoms with Crippen LogP contribution in [0.3, 0.4) is 0 Å². The normalized spacial score (nSPS) is 13.9. The lowest BCUT2D eigenvalue weighted by Gasteiger charge is -2.24. The van der Waals surface area contributed by atoms with Crippen molar-refractivity contribution in [2.75, 3.05) is 20.1 Å². The van der Waals surface area contributed by atoms with E-state index in [0.29, 0.717) is 5.76 Å². The molecule has 1 aromatic heterocycles. The largest absolute Gasteiger partial charge is 0.468 e. The van der Waals surface area contributed by atoms with Crippen molar-refractivity contribution in [3.63, 3.8) is 0 Å². The van der Waals surface area contributed by atoms with Crippen LogP contribution in [-0.2, 0) is 0 Å². The lowest BCUT2D eigenvalue weighted by atomic mass is 10.2. The maximum atomic E-state index is 12.1. The molecule has 0 fully saturated rings. The van der Waals surface area contributed by atoms with Gasteiger partial charge in [-0.25, -0.2) is 8.78 Å². The van der Waals surface area contributed by atoms with E-state index in [4.69, 9.17) is 10.2 Å². The molecule has 0 aromatic carbocycles. The fourth-order valence-corrected chi connectivity index (χ4v) is 1.34. The fourth-order valence-electron chi connectivity index (χ4n) is 1.34. The molecule has 0 bridgehead atoms. The molecule has 0 amide bonds. The molecule has 0 aliphatic heterocycles. The highest BCUT2D eigenvalue weighted by Gasteiger charge is 2.20. The maximum absolute atomic E-state index is 12.1. The van der Waals surface area contributed by atoms with Crippen LogP contribution in [0, 0.1) is 0 Å². The summed E-state index contributed by atoms with van der Waals surface area (Å²) in [6.07, 6.45) is -0.849. The quantitative estimate of drug-likeness (QED) is 0.789. The minimum absolute atomic E-state index is 0.261. The Labute approximate surface area is 81.5 Å². The molecule has 3 nitrogen and oxygen atoms in total. The van der Waals surface area contributed by atoms with E-state index in [1.165, 1.54) is 11.2 Å². The van der Waals surface area contributed by atoms with Gasteiger partial charge < -0.3 is 10.2 Å². The summed E-state index contributed by atoms with van der Waals surface area (Å²) in [5.41, 5.74) is 5.49. The SMILES string of the molecule is CN(CC(F)F)C(CN)c1ccco1. The first-order valence-corrected chi connectivity index (χ1v) is 4.37. The molecule has 0 saturated heterocycles. The molecule has 5 heteroatoms. The predicted molar refractivity (Wildman–Crippen MR) is 49.1 cm³/mol. The summed E-state index contributed by atoms with van der Waals surface area (Å²) < 4.78 is 29.3. The lowest BCUT2D eigenvalue weighted by Crippen LogP contribution is -2.33. The Balaban J connectivity index is 2.62. The molecule has 0 radical (unpaired) electrons. The number of alkyl halides is 2. The Kier molecular flexibility index (Phi) is 4.03. The van der Waals surface area contributed by atoms with Crippen molar-refractivity contribution in [3.8, 4) is 0 Å². The summed E-state index contributed by atoms with van der Waals surface area (Å²) in [7, 11) is 1.60. The molecule has 0 aliphatic carbocycles. The zero-order valence-corrected chi connectivity index (χ0v) is 7.99. The van der Waals surface area contributed by atoms with E-state index in [1.54, 1.807) is 19.2 Å². The molecule has 1 atom stereocenters. The van der Waals surface area contributed by atoms with Gasteiger partial charge in [-0.1, -0.05) is 0 Å². The third-order valence-corrected chi connectivity index (χ3v) is 2.05. The van der Waals surface area contributed by atoms with Gasteiger partial charge in [0.15, 0.2) is 0 Å². The minimum Gasteiger partial charge on any atom is -0.468 e. The molecule has 1 unspecified atom stereocenters. The maximum Gasteiger partial charge on any atom is 0.251 e. The van der Waals surface area contributed by atoms with Gasteiger partial charge in [0.1, 0.15) is 5.76 Å². The van der Waals surface area contributed by atoms with Gasteiger partial charge in [-0.3, -0.25) is 4.90 Å². The average molecular weight is 204 g/mol. The number of hydrogen-bond acceptors (Lipinski definition) is 3. The van der Waals surface area contributed by atoms with Crippen LogP contribution in [0.2, 0.25) is 0 Å². The predicted octanol–water partition coefficient (Wildman–Crippen LogP) is 1.48. The first-order chi connectivity index (χ1) is 6.65. The smallest absolute Gasteiger partial charge is 0.251 e. The number of furan rings is 1. The Bertz CT molecular complexity index is 251. The Hall–Kier alpha value is -0.940. The summed E-state index contributed by atoms with van der Waals surface area (Å²) in [6, 6.07) is 3.17. The number of halogens is 2. The van der Waals surface area contributed by atoms with E-state index in [1.807, 2.05) is 0 Å². The second-order valence-electron chi connectivity index (χ2n) is 3.10. The molecule has 0 spiro atoms. The molecule has 14 heavy (non-hydrogen) atoms. The number of nitrogens with zero attached hydrogens (tertiary/aromatic N) is 1. The first-order valence-electron chi connectivity index (χ1n) is 4.37. The summed E-state index contributed by atoms with van der Waals surface area (Å²) in [5, 5.41) is 0. The molecule has 0 aliphatic rings. The van der Waals surface area contributed by atoms with Crippen molar-refractivity contribution in [2.45, 2.75) is 12.5 Å². The van der Waals surface area contributed by atoms with Crippen LogP contribution in [0.25, 0.3) is 0 Å². The standard InChI is InChI=1S/C9H14F2N2O/c1-13(6-9(10)11)7(5-12)8-3-2-4-14-8/h2-4,7,9H,5-6,12H2,1H3. The second-order valence-corrected chi connectivity index (χ2v) is 3.10. The lowest BCUT2D eigenvalue weighted by molar-refractivity contribution is 0.0772. The summed E-state index contributed by atoms with van der Waals surface area (Å²) in [5.74, 6) is 0.621. The first kappa shape index (κ1) is 11.1. The highest BCUT2D eigenvalue weighted by atomic mass is 19.3. The highest BCUT2D eigenvalue weighted by molar-refractivity contribution is 5.05. The number of hydrogen-bond donors (Lipinski definition) is 1. The summed E-state index contributed by atoms with van der Waals surface area (Å²) in [4.78, 5) is 1.49. The van der Waals surface area contributed by atoms with Crippen LogP contribution in [-0.4, -0.2) is 31.5 Å². The zero-order chi connectivity index (χ0) is 10.6. The molecule has 1 heterocycles. The summed E-state index contributed by atoms with van der Waals surface area (Å²) in [6.45, 7) is -0.0424. The van der Waals surface area contributed by atoms with Crippen LogP contribution < -0.4 is 5.73 Å². The van der Waals surface area contributed by atoms with E-state index in [9.17, 15) is 8.78 Å². The van der Waals surface area contributed by atoms with E-state index in [-0.39, 0.29) is 19.1 Å². The third-order valence-electron chi connectivity index (χ3n) is 2.05. The van der Waals surface area contributed by atoms with Crippen LogP contribution in [0.1, 0.15) is 11.8 Å². The van der Waals surface area contributed by atoms with Crippen LogP contribution in [0.5, 0.6) is 0 Å². The fraction of sp³-hybridized carbons (Fsp3) is 0.556.